The smallest absolute Gasteiger partial charge is 0.303 e. The predicted octanol–water partition coefficient (Wildman–Crippen LogP) is 1.52. The number of carbonyl (C=O) groups excluding carboxylic acids is 5. The third kappa shape index (κ3) is 7.34. The topological polar surface area (TPSA) is 159 Å². The van der Waals surface area contributed by atoms with Gasteiger partial charge in [-0.25, -0.2) is 0 Å². The minimum absolute atomic E-state index is 0.0302. The second-order valence-corrected chi connectivity index (χ2v) is 9.60. The Morgan fingerprint density at radius 1 is 1.02 bits per heavy atom. The van der Waals surface area contributed by atoms with Gasteiger partial charge in [-0.05, 0) is 25.5 Å². The number of nitrogens with one attached hydrogen (secondary N) is 1. The molecule has 13 nitrogen and oxygen atoms in total. The van der Waals surface area contributed by atoms with Crippen molar-refractivity contribution in [2.24, 2.45) is 5.16 Å². The number of hydrogen-bond donors (Lipinski definition) is 1. The first-order valence-corrected chi connectivity index (χ1v) is 13.0. The molecule has 5 atom stereocenters. The molecule has 0 aromatic heterocycles. The van der Waals surface area contributed by atoms with E-state index in [9.17, 15) is 24.0 Å². The number of hydrogen-bond acceptors (Lipinski definition) is 11. The maximum Gasteiger partial charge on any atom is 0.303 e. The molecule has 40 heavy (non-hydrogen) atoms. The Morgan fingerprint density at radius 2 is 1.70 bits per heavy atom. The number of amides is 2. The molecule has 0 spiro atoms. The molecule has 0 radical (unpaired) electrons. The zero-order chi connectivity index (χ0) is 29.6. The molecule has 0 saturated carbocycles. The first kappa shape index (κ1) is 30.5. The van der Waals surface area contributed by atoms with E-state index in [0.717, 1.165) is 32.3 Å². The van der Waals surface area contributed by atoms with Crippen LogP contribution in [-0.4, -0.2) is 79.2 Å². The molecule has 1 fully saturated rings. The molecule has 0 unspecified atom stereocenters. The van der Waals surface area contributed by atoms with E-state index in [1.807, 2.05) is 32.0 Å². The van der Waals surface area contributed by atoms with Crippen LogP contribution in [0.2, 0.25) is 0 Å². The Bertz CT molecular complexity index is 1180. The van der Waals surface area contributed by atoms with Gasteiger partial charge in [0.1, 0.15) is 18.8 Å². The van der Waals surface area contributed by atoms with Crippen LogP contribution >= 0.6 is 0 Å². The van der Waals surface area contributed by atoms with Crippen molar-refractivity contribution in [2.45, 2.75) is 85.0 Å². The van der Waals surface area contributed by atoms with Crippen LogP contribution < -0.4 is 10.2 Å². The van der Waals surface area contributed by atoms with Crippen LogP contribution in [0.15, 0.2) is 23.4 Å². The van der Waals surface area contributed by atoms with Crippen molar-refractivity contribution in [3.8, 4) is 0 Å². The van der Waals surface area contributed by atoms with E-state index in [-0.39, 0.29) is 18.2 Å². The number of unbranched alkanes of at least 4 members (excludes halogenated alkanes) is 1. The molecular formula is C27H35N3O10. The van der Waals surface area contributed by atoms with Gasteiger partial charge in [0.15, 0.2) is 17.9 Å². The molecule has 2 aliphatic rings. The monoisotopic (exact) mass is 561 g/mol. The number of rotatable bonds is 10. The van der Waals surface area contributed by atoms with Gasteiger partial charge in [-0.15, -0.1) is 0 Å². The maximum absolute atomic E-state index is 13.4. The molecule has 1 N–H and O–H groups in total. The normalized spacial score (nSPS) is 24.8. The van der Waals surface area contributed by atoms with E-state index in [4.69, 9.17) is 23.8 Å². The Morgan fingerprint density at radius 3 is 2.30 bits per heavy atom. The Kier molecular flexibility index (Phi) is 10.2. The second-order valence-electron chi connectivity index (χ2n) is 9.60. The van der Waals surface area contributed by atoms with Gasteiger partial charge in [-0.3, -0.25) is 24.0 Å². The highest BCUT2D eigenvalue weighted by molar-refractivity contribution is 6.54. The van der Waals surface area contributed by atoms with Gasteiger partial charge >= 0.3 is 17.9 Å². The molecule has 3 rings (SSSR count). The van der Waals surface area contributed by atoms with E-state index in [2.05, 4.69) is 10.5 Å². The summed E-state index contributed by atoms with van der Waals surface area (Å²) < 4.78 is 21.9. The summed E-state index contributed by atoms with van der Waals surface area (Å²) >= 11 is 0. The molecule has 1 aromatic rings. The largest absolute Gasteiger partial charge is 0.463 e. The fourth-order valence-corrected chi connectivity index (χ4v) is 4.54. The molecule has 2 aliphatic heterocycles. The number of anilines is 1. The van der Waals surface area contributed by atoms with E-state index in [0.29, 0.717) is 17.8 Å². The van der Waals surface area contributed by atoms with E-state index >= 15 is 0 Å². The summed E-state index contributed by atoms with van der Waals surface area (Å²) in [5.41, 5.74) is 2.19. The summed E-state index contributed by atoms with van der Waals surface area (Å²) in [6.45, 7) is 8.70. The van der Waals surface area contributed by atoms with Crippen molar-refractivity contribution in [1.29, 1.82) is 0 Å². The van der Waals surface area contributed by atoms with Crippen LogP contribution in [-0.2, 0) is 47.8 Å². The lowest BCUT2D eigenvalue weighted by Gasteiger charge is -2.43. The summed E-state index contributed by atoms with van der Waals surface area (Å²) in [5.74, 6) is -3.00. The minimum Gasteiger partial charge on any atom is -0.463 e. The van der Waals surface area contributed by atoms with Crippen LogP contribution in [0.4, 0.5) is 5.69 Å². The fraction of sp³-hybridized carbons (Fsp3) is 0.556. The molecular weight excluding hydrogens is 526 g/mol. The van der Waals surface area contributed by atoms with Crippen molar-refractivity contribution in [2.75, 3.05) is 18.1 Å². The molecule has 13 heteroatoms. The number of ether oxygens (including phenoxy) is 4. The van der Waals surface area contributed by atoms with Crippen molar-refractivity contribution in [1.82, 2.24) is 5.32 Å². The van der Waals surface area contributed by atoms with Gasteiger partial charge in [0.2, 0.25) is 5.91 Å². The number of aryl methyl sites for hydroxylation is 1. The quantitative estimate of drug-likeness (QED) is 0.252. The van der Waals surface area contributed by atoms with Crippen LogP contribution in [0.25, 0.3) is 0 Å². The molecule has 0 bridgehead atoms. The zero-order valence-electron chi connectivity index (χ0n) is 23.4. The van der Waals surface area contributed by atoms with Crippen LogP contribution in [0, 0.1) is 6.92 Å². The van der Waals surface area contributed by atoms with Crippen LogP contribution in [0.5, 0.6) is 0 Å². The fourth-order valence-electron chi connectivity index (χ4n) is 4.54. The van der Waals surface area contributed by atoms with Gasteiger partial charge < -0.3 is 34.0 Å². The summed E-state index contributed by atoms with van der Waals surface area (Å²) in [5, 5.41) is 6.75. The standard InChI is InChI=1S/C27H35N3O10/c1-7-8-11-30-20-10-9-14(2)12-19(20)22(26(30)35)29-40-27-23(28-15(3)31)25(38-18(6)34)24(37-17(5)33)21(39-27)13-36-16(4)32/h9-10,12,21,23-25,27H,7-8,11,13H2,1-6H3,(H,28,31)/b29-22-/t21-,23+,24+,25+,27+/m1/s1. The lowest BCUT2D eigenvalue weighted by atomic mass is 9.96. The first-order valence-electron chi connectivity index (χ1n) is 13.0. The zero-order valence-corrected chi connectivity index (χ0v) is 23.4. The van der Waals surface area contributed by atoms with Crippen LogP contribution in [0.1, 0.15) is 58.6 Å². The van der Waals surface area contributed by atoms with E-state index in [1.54, 1.807) is 4.90 Å². The third-order valence-corrected chi connectivity index (χ3v) is 6.20. The second kappa shape index (κ2) is 13.4. The summed E-state index contributed by atoms with van der Waals surface area (Å²) in [6, 6.07) is 4.34. The van der Waals surface area contributed by atoms with Gasteiger partial charge in [0.05, 0.1) is 5.69 Å². The average Bonchev–Trinajstić information content (AvgIpc) is 3.11. The van der Waals surface area contributed by atoms with Crippen molar-refractivity contribution in [3.05, 3.63) is 29.3 Å². The molecule has 0 aliphatic carbocycles. The summed E-state index contributed by atoms with van der Waals surface area (Å²) in [7, 11) is 0. The molecule has 2 amide bonds. The number of esters is 3. The number of nitrogens with zero attached hydrogens (tertiary/aromatic N) is 2. The molecule has 218 valence electrons. The first-order chi connectivity index (χ1) is 18.9. The van der Waals surface area contributed by atoms with Crippen molar-refractivity contribution >= 4 is 41.1 Å². The highest BCUT2D eigenvalue weighted by atomic mass is 16.8. The average molecular weight is 562 g/mol. The Balaban J connectivity index is 2.02. The van der Waals surface area contributed by atoms with Gasteiger partial charge in [-0.1, -0.05) is 30.1 Å². The molecule has 1 aromatic carbocycles. The Labute approximate surface area is 232 Å². The summed E-state index contributed by atoms with van der Waals surface area (Å²) in [6.07, 6.45) is -3.51. The lowest BCUT2D eigenvalue weighted by molar-refractivity contribution is -0.278. The number of oxime groups is 1. The Hall–Kier alpha value is -4.00. The number of carbonyl (C=O) groups is 5. The van der Waals surface area contributed by atoms with Crippen LogP contribution in [0.3, 0.4) is 0 Å². The molecule has 2 heterocycles. The van der Waals surface area contributed by atoms with Gasteiger partial charge in [-0.2, -0.15) is 0 Å². The highest BCUT2D eigenvalue weighted by Gasteiger charge is 2.52. The summed E-state index contributed by atoms with van der Waals surface area (Å²) in [4.78, 5) is 68.3. The van der Waals surface area contributed by atoms with Gasteiger partial charge in [0.25, 0.3) is 12.2 Å². The SMILES string of the molecule is CCCCN1C(=O)/C(=N\O[C@@H]2O[C@H](COC(C)=O)[C@H](OC(C)=O)[C@@H](OC(C)=O)[C@@H]2NC(C)=O)c2cc(C)ccc21. The minimum atomic E-state index is -1.43. The van der Waals surface area contributed by atoms with E-state index < -0.39 is 54.5 Å². The highest BCUT2D eigenvalue weighted by Crippen LogP contribution is 2.32. The number of benzene rings is 1. The predicted molar refractivity (Wildman–Crippen MR) is 140 cm³/mol. The van der Waals surface area contributed by atoms with E-state index in [1.165, 1.54) is 13.8 Å². The van der Waals surface area contributed by atoms with Crippen molar-refractivity contribution < 1.29 is 47.8 Å². The number of fused-ring (bicyclic) bond motifs is 1. The molecule has 1 saturated heterocycles. The van der Waals surface area contributed by atoms with Crippen molar-refractivity contribution in [3.63, 3.8) is 0 Å². The lowest BCUT2D eigenvalue weighted by Crippen LogP contribution is -2.66. The van der Waals surface area contributed by atoms with Gasteiger partial charge in [0, 0.05) is 39.8 Å². The maximum atomic E-state index is 13.4. The third-order valence-electron chi connectivity index (χ3n) is 6.20.